The molecule has 0 aromatic carbocycles. The molecular formula is C13H16N2O4. The van der Waals surface area contributed by atoms with E-state index in [9.17, 15) is 9.59 Å². The van der Waals surface area contributed by atoms with Crippen molar-refractivity contribution >= 4 is 17.4 Å². The van der Waals surface area contributed by atoms with Crippen LogP contribution in [0.3, 0.4) is 0 Å². The van der Waals surface area contributed by atoms with Crippen molar-refractivity contribution < 1.29 is 19.1 Å². The monoisotopic (exact) mass is 264 g/mol. The van der Waals surface area contributed by atoms with Crippen LogP contribution in [0.25, 0.3) is 0 Å². The molecule has 0 N–H and O–H groups in total. The van der Waals surface area contributed by atoms with Gasteiger partial charge in [-0.1, -0.05) is 0 Å². The number of ketones is 1. The molecule has 0 saturated carbocycles. The SMILES string of the molecule is COC(=O)C1CN(c2ccc(C(C)=O)nc2)CCO1. The van der Waals surface area contributed by atoms with Crippen molar-refractivity contribution in [2.24, 2.45) is 0 Å². The van der Waals surface area contributed by atoms with E-state index in [0.717, 1.165) is 5.69 Å². The number of carbonyl (C=O) groups excluding carboxylic acids is 2. The summed E-state index contributed by atoms with van der Waals surface area (Å²) < 4.78 is 10.0. The van der Waals surface area contributed by atoms with Crippen LogP contribution in [0.4, 0.5) is 5.69 Å². The van der Waals surface area contributed by atoms with E-state index in [-0.39, 0.29) is 11.8 Å². The Bertz CT molecular complexity index is 472. The van der Waals surface area contributed by atoms with Crippen molar-refractivity contribution in [3.05, 3.63) is 24.0 Å². The van der Waals surface area contributed by atoms with Crippen LogP contribution in [0.1, 0.15) is 17.4 Å². The molecule has 2 rings (SSSR count). The molecule has 0 amide bonds. The van der Waals surface area contributed by atoms with E-state index in [4.69, 9.17) is 4.74 Å². The Balaban J connectivity index is 2.08. The highest BCUT2D eigenvalue weighted by Gasteiger charge is 2.27. The number of anilines is 1. The fourth-order valence-corrected chi connectivity index (χ4v) is 1.94. The number of esters is 1. The van der Waals surface area contributed by atoms with Crippen LogP contribution in [-0.2, 0) is 14.3 Å². The quantitative estimate of drug-likeness (QED) is 0.590. The molecular weight excluding hydrogens is 248 g/mol. The molecule has 1 unspecified atom stereocenters. The highest BCUT2D eigenvalue weighted by atomic mass is 16.6. The second-order valence-electron chi connectivity index (χ2n) is 4.29. The molecule has 0 spiro atoms. The number of ether oxygens (including phenoxy) is 2. The summed E-state index contributed by atoms with van der Waals surface area (Å²) in [5.74, 6) is -0.445. The smallest absolute Gasteiger partial charge is 0.336 e. The van der Waals surface area contributed by atoms with Crippen molar-refractivity contribution in [3.8, 4) is 0 Å². The first-order valence-electron chi connectivity index (χ1n) is 6.03. The van der Waals surface area contributed by atoms with Crippen molar-refractivity contribution in [1.29, 1.82) is 0 Å². The Hall–Kier alpha value is -1.95. The lowest BCUT2D eigenvalue weighted by Crippen LogP contribution is -2.46. The van der Waals surface area contributed by atoms with Gasteiger partial charge < -0.3 is 14.4 Å². The first-order chi connectivity index (χ1) is 9.11. The molecule has 1 aromatic heterocycles. The molecule has 19 heavy (non-hydrogen) atoms. The van der Waals surface area contributed by atoms with Gasteiger partial charge in [-0.25, -0.2) is 4.79 Å². The maximum absolute atomic E-state index is 11.5. The van der Waals surface area contributed by atoms with Crippen molar-refractivity contribution in [2.75, 3.05) is 31.7 Å². The zero-order valence-electron chi connectivity index (χ0n) is 11.0. The van der Waals surface area contributed by atoms with Crippen LogP contribution in [0.2, 0.25) is 0 Å². The van der Waals surface area contributed by atoms with Gasteiger partial charge in [-0.15, -0.1) is 0 Å². The fraction of sp³-hybridized carbons (Fsp3) is 0.462. The molecule has 6 nitrogen and oxygen atoms in total. The Morgan fingerprint density at radius 3 is 2.84 bits per heavy atom. The zero-order valence-corrected chi connectivity index (χ0v) is 11.0. The van der Waals surface area contributed by atoms with Gasteiger partial charge in [0.2, 0.25) is 0 Å². The Morgan fingerprint density at radius 2 is 2.26 bits per heavy atom. The second-order valence-corrected chi connectivity index (χ2v) is 4.29. The highest BCUT2D eigenvalue weighted by Crippen LogP contribution is 2.17. The van der Waals surface area contributed by atoms with E-state index in [0.29, 0.717) is 25.4 Å². The zero-order chi connectivity index (χ0) is 13.8. The number of methoxy groups -OCH3 is 1. The first kappa shape index (κ1) is 13.5. The van der Waals surface area contributed by atoms with Crippen LogP contribution in [0.15, 0.2) is 18.3 Å². The van der Waals surface area contributed by atoms with E-state index >= 15 is 0 Å². The molecule has 1 aliphatic rings. The van der Waals surface area contributed by atoms with Crippen LogP contribution >= 0.6 is 0 Å². The Kier molecular flexibility index (Phi) is 4.11. The molecule has 0 aliphatic carbocycles. The predicted octanol–water partition coefficient (Wildman–Crippen LogP) is 0.662. The van der Waals surface area contributed by atoms with Crippen LogP contribution in [0, 0.1) is 0 Å². The van der Waals surface area contributed by atoms with Crippen molar-refractivity contribution in [1.82, 2.24) is 4.98 Å². The molecule has 1 fully saturated rings. The van der Waals surface area contributed by atoms with E-state index < -0.39 is 6.10 Å². The number of hydrogen-bond donors (Lipinski definition) is 0. The van der Waals surface area contributed by atoms with Crippen LogP contribution in [0.5, 0.6) is 0 Å². The number of aromatic nitrogens is 1. The lowest BCUT2D eigenvalue weighted by atomic mass is 10.2. The lowest BCUT2D eigenvalue weighted by Gasteiger charge is -2.32. The summed E-state index contributed by atoms with van der Waals surface area (Å²) >= 11 is 0. The molecule has 1 saturated heterocycles. The number of nitrogens with zero attached hydrogens (tertiary/aromatic N) is 2. The van der Waals surface area contributed by atoms with E-state index in [1.807, 2.05) is 11.0 Å². The van der Waals surface area contributed by atoms with Gasteiger partial charge >= 0.3 is 5.97 Å². The van der Waals surface area contributed by atoms with Gasteiger partial charge in [0.25, 0.3) is 0 Å². The summed E-state index contributed by atoms with van der Waals surface area (Å²) in [6.07, 6.45) is 1.06. The van der Waals surface area contributed by atoms with Crippen molar-refractivity contribution in [3.63, 3.8) is 0 Å². The molecule has 6 heteroatoms. The number of Topliss-reactive ketones (excluding diaryl/α,β-unsaturated/α-hetero) is 1. The topological polar surface area (TPSA) is 68.7 Å². The maximum Gasteiger partial charge on any atom is 0.336 e. The molecule has 1 atom stereocenters. The molecule has 0 radical (unpaired) electrons. The van der Waals surface area contributed by atoms with Gasteiger partial charge in [-0.3, -0.25) is 9.78 Å². The normalized spacial score (nSPS) is 19.1. The number of pyridine rings is 1. The van der Waals surface area contributed by atoms with Gasteiger partial charge in [0, 0.05) is 13.5 Å². The van der Waals surface area contributed by atoms with E-state index in [1.165, 1.54) is 14.0 Å². The Labute approximate surface area is 111 Å². The largest absolute Gasteiger partial charge is 0.467 e. The summed E-state index contributed by atoms with van der Waals surface area (Å²) in [5.41, 5.74) is 1.30. The van der Waals surface area contributed by atoms with Crippen molar-refractivity contribution in [2.45, 2.75) is 13.0 Å². The van der Waals surface area contributed by atoms with E-state index in [1.54, 1.807) is 12.3 Å². The lowest BCUT2D eigenvalue weighted by molar-refractivity contribution is -0.154. The number of hydrogen-bond acceptors (Lipinski definition) is 6. The molecule has 0 bridgehead atoms. The Morgan fingerprint density at radius 1 is 1.47 bits per heavy atom. The maximum atomic E-state index is 11.5. The third kappa shape index (κ3) is 3.08. The van der Waals surface area contributed by atoms with Crippen LogP contribution in [-0.4, -0.2) is 49.6 Å². The standard InChI is InChI=1S/C13H16N2O4/c1-9(16)11-4-3-10(7-14-11)15-5-6-19-12(8-15)13(17)18-2/h3-4,7,12H,5-6,8H2,1-2H3. The molecule has 1 aromatic rings. The van der Waals surface area contributed by atoms with Gasteiger partial charge in [0.05, 0.1) is 32.1 Å². The summed E-state index contributed by atoms with van der Waals surface area (Å²) in [6.45, 7) is 3.03. The summed E-state index contributed by atoms with van der Waals surface area (Å²) in [6, 6.07) is 3.50. The molecule has 1 aliphatic heterocycles. The van der Waals surface area contributed by atoms with E-state index in [2.05, 4.69) is 9.72 Å². The minimum absolute atomic E-state index is 0.0686. The number of morpholine rings is 1. The van der Waals surface area contributed by atoms with Gasteiger partial charge in [0.1, 0.15) is 5.69 Å². The number of carbonyl (C=O) groups is 2. The molecule has 102 valence electrons. The number of rotatable bonds is 3. The van der Waals surface area contributed by atoms with Gasteiger partial charge in [-0.2, -0.15) is 0 Å². The summed E-state index contributed by atoms with van der Waals surface area (Å²) in [5, 5.41) is 0. The van der Waals surface area contributed by atoms with Gasteiger partial charge in [0.15, 0.2) is 11.9 Å². The first-order valence-corrected chi connectivity index (χ1v) is 6.03. The predicted molar refractivity (Wildman–Crippen MR) is 68.2 cm³/mol. The minimum Gasteiger partial charge on any atom is -0.467 e. The average Bonchev–Trinajstić information content (AvgIpc) is 2.46. The molecule has 2 heterocycles. The van der Waals surface area contributed by atoms with Gasteiger partial charge in [-0.05, 0) is 12.1 Å². The third-order valence-electron chi connectivity index (χ3n) is 3.00. The minimum atomic E-state index is -0.578. The summed E-state index contributed by atoms with van der Waals surface area (Å²) in [7, 11) is 1.34. The fourth-order valence-electron chi connectivity index (χ4n) is 1.94. The third-order valence-corrected chi connectivity index (χ3v) is 3.00. The summed E-state index contributed by atoms with van der Waals surface area (Å²) in [4.78, 5) is 28.7. The second kappa shape index (κ2) is 5.79. The van der Waals surface area contributed by atoms with Crippen LogP contribution < -0.4 is 4.90 Å². The highest BCUT2D eigenvalue weighted by molar-refractivity contribution is 5.92. The average molecular weight is 264 g/mol.